The Morgan fingerprint density at radius 1 is 1.55 bits per heavy atom. The van der Waals surface area contributed by atoms with E-state index < -0.39 is 0 Å². The van der Waals surface area contributed by atoms with Gasteiger partial charge < -0.3 is 0 Å². The van der Waals surface area contributed by atoms with Crippen LogP contribution in [-0.2, 0) is 0 Å². The molecule has 0 spiro atoms. The molecule has 3 nitrogen and oxygen atoms in total. The van der Waals surface area contributed by atoms with E-state index in [9.17, 15) is 0 Å². The van der Waals surface area contributed by atoms with Crippen LogP contribution in [0.5, 0.6) is 0 Å². The van der Waals surface area contributed by atoms with Crippen molar-refractivity contribution in [2.45, 2.75) is 0 Å². The second-order valence-corrected chi connectivity index (χ2v) is 3.16. The molecule has 2 heterocycles. The molecule has 0 amide bonds. The molecule has 0 saturated heterocycles. The number of rotatable bonds is 0. The molecule has 0 saturated carbocycles. The van der Waals surface area contributed by atoms with Crippen LogP contribution in [0.2, 0.25) is 5.15 Å². The Labute approximate surface area is 75.9 Å². The van der Waals surface area contributed by atoms with Gasteiger partial charge in [-0.3, -0.25) is 5.10 Å². The summed E-state index contributed by atoms with van der Waals surface area (Å²) in [4.78, 5) is 4.01. The Balaban J connectivity index is 2.96. The Hall–Kier alpha value is -0.610. The highest BCUT2D eigenvalue weighted by Gasteiger charge is 2.05. The van der Waals surface area contributed by atoms with Gasteiger partial charge in [0.25, 0.3) is 0 Å². The van der Waals surface area contributed by atoms with Crippen molar-refractivity contribution in [3.8, 4) is 0 Å². The first-order valence-corrected chi connectivity index (χ1v) is 4.10. The summed E-state index contributed by atoms with van der Waals surface area (Å²) in [5, 5.41) is 7.96. The highest BCUT2D eigenvalue weighted by Crippen LogP contribution is 2.25. The SMILES string of the molecule is Clc1[nH]nc2ccnc(Br)c12. The maximum Gasteiger partial charge on any atom is 0.134 e. The molecule has 2 rings (SSSR count). The quantitative estimate of drug-likeness (QED) is 0.709. The van der Waals surface area contributed by atoms with Gasteiger partial charge in [0.15, 0.2) is 0 Å². The molecular weight excluding hydrogens is 229 g/mol. The third-order valence-electron chi connectivity index (χ3n) is 1.38. The largest absolute Gasteiger partial charge is 0.266 e. The Bertz CT molecular complexity index is 398. The molecule has 0 aliphatic carbocycles. The first kappa shape index (κ1) is 7.06. The molecule has 2 aromatic rings. The number of fused-ring (bicyclic) bond motifs is 1. The second-order valence-electron chi connectivity index (χ2n) is 2.03. The van der Waals surface area contributed by atoms with Gasteiger partial charge in [-0.25, -0.2) is 4.98 Å². The van der Waals surface area contributed by atoms with Crippen molar-refractivity contribution in [3.63, 3.8) is 0 Å². The van der Waals surface area contributed by atoms with Crippen LogP contribution in [0.4, 0.5) is 0 Å². The molecule has 5 heteroatoms. The van der Waals surface area contributed by atoms with E-state index in [2.05, 4.69) is 31.1 Å². The van der Waals surface area contributed by atoms with Gasteiger partial charge in [-0.1, -0.05) is 11.6 Å². The Kier molecular flexibility index (Phi) is 1.58. The van der Waals surface area contributed by atoms with E-state index in [0.717, 1.165) is 10.9 Å². The van der Waals surface area contributed by atoms with Gasteiger partial charge in [0, 0.05) is 6.20 Å². The summed E-state index contributed by atoms with van der Waals surface area (Å²) < 4.78 is 0.716. The van der Waals surface area contributed by atoms with Crippen molar-refractivity contribution in [3.05, 3.63) is 22.0 Å². The molecule has 0 aliphatic heterocycles. The van der Waals surface area contributed by atoms with Crippen LogP contribution in [0, 0.1) is 0 Å². The minimum Gasteiger partial charge on any atom is -0.266 e. The predicted octanol–water partition coefficient (Wildman–Crippen LogP) is 2.37. The zero-order valence-electron chi connectivity index (χ0n) is 5.31. The maximum atomic E-state index is 5.79. The summed E-state index contributed by atoms with van der Waals surface area (Å²) in [6.45, 7) is 0. The lowest BCUT2D eigenvalue weighted by atomic mass is 10.3. The number of pyridine rings is 1. The number of aromatic amines is 1. The van der Waals surface area contributed by atoms with Crippen LogP contribution in [0.1, 0.15) is 0 Å². The zero-order valence-corrected chi connectivity index (χ0v) is 7.65. The summed E-state index contributed by atoms with van der Waals surface area (Å²) in [5.41, 5.74) is 0.817. The van der Waals surface area contributed by atoms with E-state index in [0.29, 0.717) is 9.76 Å². The summed E-state index contributed by atoms with van der Waals surface area (Å²) in [6.07, 6.45) is 1.67. The normalized spacial score (nSPS) is 10.7. The molecule has 0 aliphatic rings. The molecular formula is C6H3BrClN3. The van der Waals surface area contributed by atoms with Gasteiger partial charge in [0.2, 0.25) is 0 Å². The predicted molar refractivity (Wildman–Crippen MR) is 46.6 cm³/mol. The molecule has 0 radical (unpaired) electrons. The molecule has 11 heavy (non-hydrogen) atoms. The van der Waals surface area contributed by atoms with E-state index in [1.807, 2.05) is 0 Å². The summed E-state index contributed by atoms with van der Waals surface area (Å²) >= 11 is 9.06. The van der Waals surface area contributed by atoms with Crippen LogP contribution in [0.25, 0.3) is 10.9 Å². The van der Waals surface area contributed by atoms with E-state index in [1.54, 1.807) is 12.3 Å². The topological polar surface area (TPSA) is 41.6 Å². The number of hydrogen-bond donors (Lipinski definition) is 1. The van der Waals surface area contributed by atoms with E-state index >= 15 is 0 Å². The fourth-order valence-electron chi connectivity index (χ4n) is 0.888. The lowest BCUT2D eigenvalue weighted by Crippen LogP contribution is -1.74. The zero-order chi connectivity index (χ0) is 7.84. The van der Waals surface area contributed by atoms with Crippen molar-refractivity contribution < 1.29 is 0 Å². The number of nitrogens with one attached hydrogen (secondary N) is 1. The average Bonchev–Trinajstić information content (AvgIpc) is 2.34. The standard InChI is InChI=1S/C6H3BrClN3/c7-5-4-3(1-2-9-5)10-11-6(4)8/h1-2H,(H,10,11). The van der Waals surface area contributed by atoms with E-state index in [-0.39, 0.29) is 0 Å². The second kappa shape index (κ2) is 2.46. The average molecular weight is 232 g/mol. The minimum absolute atomic E-state index is 0.514. The van der Waals surface area contributed by atoms with Gasteiger partial charge in [0.1, 0.15) is 9.76 Å². The molecule has 0 unspecified atom stereocenters. The lowest BCUT2D eigenvalue weighted by Gasteiger charge is -1.89. The van der Waals surface area contributed by atoms with Crippen LogP contribution >= 0.6 is 27.5 Å². The molecule has 1 N–H and O–H groups in total. The summed E-state index contributed by atoms with van der Waals surface area (Å²) in [6, 6.07) is 1.79. The number of hydrogen-bond acceptors (Lipinski definition) is 2. The van der Waals surface area contributed by atoms with E-state index in [4.69, 9.17) is 11.6 Å². The highest BCUT2D eigenvalue weighted by molar-refractivity contribution is 9.10. The van der Waals surface area contributed by atoms with Crippen LogP contribution in [0.15, 0.2) is 16.9 Å². The van der Waals surface area contributed by atoms with Gasteiger partial charge in [-0.2, -0.15) is 5.10 Å². The third kappa shape index (κ3) is 1.02. The Morgan fingerprint density at radius 2 is 2.36 bits per heavy atom. The third-order valence-corrected chi connectivity index (χ3v) is 2.25. The van der Waals surface area contributed by atoms with Gasteiger partial charge in [-0.15, -0.1) is 0 Å². The van der Waals surface area contributed by atoms with Crippen LogP contribution in [-0.4, -0.2) is 15.2 Å². The van der Waals surface area contributed by atoms with E-state index in [1.165, 1.54) is 0 Å². The minimum atomic E-state index is 0.514. The highest BCUT2D eigenvalue weighted by atomic mass is 79.9. The smallest absolute Gasteiger partial charge is 0.134 e. The van der Waals surface area contributed by atoms with Gasteiger partial charge >= 0.3 is 0 Å². The van der Waals surface area contributed by atoms with Crippen LogP contribution in [0.3, 0.4) is 0 Å². The van der Waals surface area contributed by atoms with Crippen molar-refractivity contribution in [2.75, 3.05) is 0 Å². The molecule has 0 aromatic carbocycles. The summed E-state index contributed by atoms with van der Waals surface area (Å²) in [5.74, 6) is 0. The van der Waals surface area contributed by atoms with Gasteiger partial charge in [-0.05, 0) is 22.0 Å². The fourth-order valence-corrected chi connectivity index (χ4v) is 1.75. The maximum absolute atomic E-state index is 5.79. The molecule has 0 atom stereocenters. The van der Waals surface area contributed by atoms with Crippen LogP contribution < -0.4 is 0 Å². The van der Waals surface area contributed by atoms with Crippen molar-refractivity contribution in [2.24, 2.45) is 0 Å². The molecule has 2 aromatic heterocycles. The van der Waals surface area contributed by atoms with Crippen molar-refractivity contribution in [1.82, 2.24) is 15.2 Å². The number of halogens is 2. The first-order chi connectivity index (χ1) is 5.29. The fraction of sp³-hybridized carbons (Fsp3) is 0. The number of nitrogens with zero attached hydrogens (tertiary/aromatic N) is 2. The van der Waals surface area contributed by atoms with Crippen molar-refractivity contribution in [1.29, 1.82) is 0 Å². The monoisotopic (exact) mass is 231 g/mol. The molecule has 0 fully saturated rings. The summed E-state index contributed by atoms with van der Waals surface area (Å²) in [7, 11) is 0. The number of H-pyrrole nitrogens is 1. The van der Waals surface area contributed by atoms with Gasteiger partial charge in [0.05, 0.1) is 10.9 Å². The lowest BCUT2D eigenvalue weighted by molar-refractivity contribution is 1.12. The number of aromatic nitrogens is 3. The Morgan fingerprint density at radius 3 is 3.09 bits per heavy atom. The van der Waals surface area contributed by atoms with Crippen molar-refractivity contribution >= 4 is 38.4 Å². The molecule has 56 valence electrons. The molecule has 0 bridgehead atoms. The first-order valence-electron chi connectivity index (χ1n) is 2.93.